The van der Waals surface area contributed by atoms with Crippen molar-refractivity contribution in [3.63, 3.8) is 0 Å². The Morgan fingerprint density at radius 2 is 2.36 bits per heavy atom. The highest BCUT2D eigenvalue weighted by atomic mass is 19.1. The van der Waals surface area contributed by atoms with Crippen molar-refractivity contribution in [2.45, 2.75) is 31.6 Å². The molecule has 0 amide bonds. The van der Waals surface area contributed by atoms with Crippen LogP contribution in [0.1, 0.15) is 37.2 Å². The van der Waals surface area contributed by atoms with Gasteiger partial charge in [-0.25, -0.2) is 4.39 Å². The average Bonchev–Trinajstić information content (AvgIpc) is 2.18. The average molecular weight is 193 g/mol. The predicted octanol–water partition coefficient (Wildman–Crippen LogP) is 2.45. The van der Waals surface area contributed by atoms with E-state index in [9.17, 15) is 9.18 Å². The molecule has 14 heavy (non-hydrogen) atoms. The second-order valence-electron chi connectivity index (χ2n) is 3.73. The molecule has 1 aliphatic rings. The summed E-state index contributed by atoms with van der Waals surface area (Å²) in [6.07, 6.45) is 5.73. The number of aromatic nitrogens is 1. The molecule has 1 saturated carbocycles. The molecule has 1 heterocycles. The van der Waals surface area contributed by atoms with Crippen LogP contribution < -0.4 is 0 Å². The highest BCUT2D eigenvalue weighted by Gasteiger charge is 2.22. The quantitative estimate of drug-likeness (QED) is 0.685. The van der Waals surface area contributed by atoms with Crippen molar-refractivity contribution in [1.29, 1.82) is 0 Å². The molecule has 0 aromatic carbocycles. The number of rotatable bonds is 1. The molecule has 1 atom stereocenters. The lowest BCUT2D eigenvalue weighted by molar-refractivity contribution is -0.120. The monoisotopic (exact) mass is 193 g/mol. The van der Waals surface area contributed by atoms with Crippen LogP contribution in [0.5, 0.6) is 0 Å². The van der Waals surface area contributed by atoms with Gasteiger partial charge in [-0.05, 0) is 30.4 Å². The summed E-state index contributed by atoms with van der Waals surface area (Å²) < 4.78 is 13.3. The van der Waals surface area contributed by atoms with E-state index in [4.69, 9.17) is 0 Å². The van der Waals surface area contributed by atoms with Crippen molar-refractivity contribution >= 4 is 5.78 Å². The van der Waals surface area contributed by atoms with Gasteiger partial charge in [-0.2, -0.15) is 0 Å². The fourth-order valence-corrected chi connectivity index (χ4v) is 2.01. The van der Waals surface area contributed by atoms with E-state index in [1.807, 2.05) is 0 Å². The maximum atomic E-state index is 13.3. The number of halogens is 1. The van der Waals surface area contributed by atoms with E-state index >= 15 is 0 Å². The highest BCUT2D eigenvalue weighted by Crippen LogP contribution is 2.31. The molecule has 0 saturated heterocycles. The van der Waals surface area contributed by atoms with E-state index in [0.29, 0.717) is 18.4 Å². The molecule has 1 fully saturated rings. The van der Waals surface area contributed by atoms with Crippen LogP contribution in [0.4, 0.5) is 4.39 Å². The van der Waals surface area contributed by atoms with Crippen LogP contribution in [-0.4, -0.2) is 10.8 Å². The molecular weight excluding hydrogens is 181 g/mol. The first-order chi connectivity index (χ1) is 6.77. The second kappa shape index (κ2) is 3.86. The maximum absolute atomic E-state index is 13.3. The number of hydrogen-bond donors (Lipinski definition) is 0. The summed E-state index contributed by atoms with van der Waals surface area (Å²) in [6.45, 7) is 0. The Morgan fingerprint density at radius 3 is 3.07 bits per heavy atom. The first kappa shape index (κ1) is 9.31. The Labute approximate surface area is 82.2 Å². The number of hydrogen-bond acceptors (Lipinski definition) is 2. The summed E-state index contributed by atoms with van der Waals surface area (Å²) >= 11 is 0. The molecule has 0 spiro atoms. The summed E-state index contributed by atoms with van der Waals surface area (Å²) in [5.41, 5.74) is 0.646. The minimum Gasteiger partial charge on any atom is -0.300 e. The largest absolute Gasteiger partial charge is 0.300 e. The number of carbonyl (C=O) groups excluding carboxylic acids is 1. The maximum Gasteiger partial charge on any atom is 0.144 e. The van der Waals surface area contributed by atoms with E-state index in [0.717, 1.165) is 12.8 Å². The zero-order chi connectivity index (χ0) is 9.97. The molecule has 2 rings (SSSR count). The molecule has 2 nitrogen and oxygen atoms in total. The van der Waals surface area contributed by atoms with Gasteiger partial charge in [-0.1, -0.05) is 0 Å². The Hall–Kier alpha value is -1.25. The molecule has 1 aromatic rings. The van der Waals surface area contributed by atoms with Gasteiger partial charge in [-0.15, -0.1) is 0 Å². The van der Waals surface area contributed by atoms with Crippen molar-refractivity contribution in [1.82, 2.24) is 4.98 Å². The smallest absolute Gasteiger partial charge is 0.144 e. The van der Waals surface area contributed by atoms with Crippen LogP contribution in [0.2, 0.25) is 0 Å². The molecule has 0 aliphatic heterocycles. The summed E-state index contributed by atoms with van der Waals surface area (Å²) in [6, 6.07) is 1.68. The fraction of sp³-hybridized carbons (Fsp3) is 0.455. The van der Waals surface area contributed by atoms with Gasteiger partial charge in [0.1, 0.15) is 11.6 Å². The van der Waals surface area contributed by atoms with E-state index in [2.05, 4.69) is 4.98 Å². The number of Topliss-reactive ketones (excluding diaryl/α,β-unsaturated/α-hetero) is 1. The minimum atomic E-state index is -0.285. The van der Waals surface area contributed by atoms with Crippen LogP contribution in [0.15, 0.2) is 18.5 Å². The number of nitrogens with zero attached hydrogens (tertiary/aromatic N) is 1. The van der Waals surface area contributed by atoms with Crippen molar-refractivity contribution in [3.8, 4) is 0 Å². The van der Waals surface area contributed by atoms with Gasteiger partial charge in [0.05, 0.1) is 6.20 Å². The first-order valence-electron chi connectivity index (χ1n) is 4.88. The van der Waals surface area contributed by atoms with Crippen molar-refractivity contribution in [2.24, 2.45) is 0 Å². The Kier molecular flexibility index (Phi) is 2.57. The SMILES string of the molecule is O=C1CCCC(c2ccncc2F)C1. The Bertz CT molecular complexity index is 351. The zero-order valence-corrected chi connectivity index (χ0v) is 7.87. The van der Waals surface area contributed by atoms with Crippen LogP contribution >= 0.6 is 0 Å². The summed E-state index contributed by atoms with van der Waals surface area (Å²) in [4.78, 5) is 14.9. The highest BCUT2D eigenvalue weighted by molar-refractivity contribution is 5.80. The molecule has 74 valence electrons. The van der Waals surface area contributed by atoms with Crippen molar-refractivity contribution in [2.75, 3.05) is 0 Å². The van der Waals surface area contributed by atoms with Gasteiger partial charge < -0.3 is 0 Å². The van der Waals surface area contributed by atoms with E-state index in [1.54, 1.807) is 12.3 Å². The van der Waals surface area contributed by atoms with Crippen LogP contribution in [0.3, 0.4) is 0 Å². The molecular formula is C11H12FNO. The van der Waals surface area contributed by atoms with E-state index < -0.39 is 0 Å². The molecule has 0 bridgehead atoms. The molecule has 0 radical (unpaired) electrons. The van der Waals surface area contributed by atoms with Crippen molar-refractivity contribution in [3.05, 3.63) is 29.8 Å². The van der Waals surface area contributed by atoms with Crippen LogP contribution in [0.25, 0.3) is 0 Å². The Balaban J connectivity index is 2.22. The molecule has 1 aliphatic carbocycles. The molecule has 3 heteroatoms. The summed E-state index contributed by atoms with van der Waals surface area (Å²) in [7, 11) is 0. The van der Waals surface area contributed by atoms with E-state index in [1.165, 1.54) is 6.20 Å². The summed E-state index contributed by atoms with van der Waals surface area (Å²) in [5, 5.41) is 0. The number of carbonyl (C=O) groups is 1. The van der Waals surface area contributed by atoms with Gasteiger partial charge in [-0.3, -0.25) is 9.78 Å². The van der Waals surface area contributed by atoms with Gasteiger partial charge in [0.15, 0.2) is 0 Å². The lowest BCUT2D eigenvalue weighted by Gasteiger charge is -2.21. The minimum absolute atomic E-state index is 0.0687. The van der Waals surface area contributed by atoms with Gasteiger partial charge >= 0.3 is 0 Å². The van der Waals surface area contributed by atoms with Gasteiger partial charge in [0, 0.05) is 19.0 Å². The van der Waals surface area contributed by atoms with Crippen LogP contribution in [-0.2, 0) is 4.79 Å². The standard InChI is InChI=1S/C11H12FNO/c12-11-7-13-5-4-10(11)8-2-1-3-9(14)6-8/h4-5,7-8H,1-3,6H2. The topological polar surface area (TPSA) is 30.0 Å². The first-order valence-corrected chi connectivity index (χ1v) is 4.88. The molecule has 0 N–H and O–H groups in total. The van der Waals surface area contributed by atoms with Crippen LogP contribution in [0, 0.1) is 5.82 Å². The van der Waals surface area contributed by atoms with Gasteiger partial charge in [0.25, 0.3) is 0 Å². The Morgan fingerprint density at radius 1 is 1.50 bits per heavy atom. The van der Waals surface area contributed by atoms with Gasteiger partial charge in [0.2, 0.25) is 0 Å². The van der Waals surface area contributed by atoms with E-state index in [-0.39, 0.29) is 17.5 Å². The molecule has 1 unspecified atom stereocenters. The third-order valence-corrected chi connectivity index (χ3v) is 2.73. The fourth-order valence-electron chi connectivity index (χ4n) is 2.01. The lowest BCUT2D eigenvalue weighted by atomic mass is 9.83. The number of ketones is 1. The third-order valence-electron chi connectivity index (χ3n) is 2.73. The predicted molar refractivity (Wildman–Crippen MR) is 50.4 cm³/mol. The summed E-state index contributed by atoms with van der Waals surface area (Å²) in [5.74, 6) is 0.0314. The second-order valence-corrected chi connectivity index (χ2v) is 3.73. The van der Waals surface area contributed by atoms with Crippen molar-refractivity contribution < 1.29 is 9.18 Å². The molecule has 1 aromatic heterocycles. The third kappa shape index (κ3) is 1.81. The number of pyridine rings is 1. The normalized spacial score (nSPS) is 22.4. The lowest BCUT2D eigenvalue weighted by Crippen LogP contribution is -2.14. The zero-order valence-electron chi connectivity index (χ0n) is 7.87.